The van der Waals surface area contributed by atoms with Gasteiger partial charge in [-0.3, -0.25) is 4.68 Å². The predicted octanol–water partition coefficient (Wildman–Crippen LogP) is 1.24. The second kappa shape index (κ2) is 4.02. The van der Waals surface area contributed by atoms with Crippen LogP contribution < -0.4 is 0 Å². The maximum atomic E-state index is 9.47. The fraction of sp³-hybridized carbons (Fsp3) is 0.364. The number of aliphatic hydroxyl groups is 1. The summed E-state index contributed by atoms with van der Waals surface area (Å²) >= 11 is 0. The van der Waals surface area contributed by atoms with Gasteiger partial charge in [0.15, 0.2) is 5.82 Å². The summed E-state index contributed by atoms with van der Waals surface area (Å²) in [6.45, 7) is 3.56. The molecule has 5 heteroatoms. The normalized spacial score (nSPS) is 12.8. The lowest BCUT2D eigenvalue weighted by Gasteiger charge is -2.07. The van der Waals surface area contributed by atoms with Gasteiger partial charge in [-0.2, -0.15) is 5.10 Å². The quantitative estimate of drug-likeness (QED) is 0.823. The zero-order chi connectivity index (χ0) is 11.7. The fourth-order valence-corrected chi connectivity index (χ4v) is 1.54. The highest BCUT2D eigenvalue weighted by molar-refractivity contribution is 5.48. The first kappa shape index (κ1) is 10.8. The first-order valence-electron chi connectivity index (χ1n) is 5.09. The molecule has 2 aromatic rings. The number of rotatable bonds is 2. The zero-order valence-electron chi connectivity index (χ0n) is 9.55. The van der Waals surface area contributed by atoms with Gasteiger partial charge in [-0.05, 0) is 19.9 Å². The molecule has 1 atom stereocenters. The van der Waals surface area contributed by atoms with E-state index < -0.39 is 6.10 Å². The van der Waals surface area contributed by atoms with Gasteiger partial charge < -0.3 is 5.11 Å². The maximum absolute atomic E-state index is 9.47. The number of aliphatic hydroxyl groups excluding tert-OH is 1. The zero-order valence-corrected chi connectivity index (χ0v) is 9.55. The molecule has 84 valence electrons. The lowest BCUT2D eigenvalue weighted by Crippen LogP contribution is -2.01. The van der Waals surface area contributed by atoms with Crippen LogP contribution in [0.4, 0.5) is 0 Å². The molecule has 0 fully saturated rings. The molecule has 0 spiro atoms. The first-order valence-corrected chi connectivity index (χ1v) is 5.09. The van der Waals surface area contributed by atoms with Gasteiger partial charge in [-0.1, -0.05) is 0 Å². The van der Waals surface area contributed by atoms with Crippen LogP contribution in [0.25, 0.3) is 11.5 Å². The Morgan fingerprint density at radius 1 is 1.44 bits per heavy atom. The van der Waals surface area contributed by atoms with Gasteiger partial charge in [-0.25, -0.2) is 9.97 Å². The van der Waals surface area contributed by atoms with E-state index in [2.05, 4.69) is 15.1 Å². The summed E-state index contributed by atoms with van der Waals surface area (Å²) in [4.78, 5) is 8.53. The van der Waals surface area contributed by atoms with Crippen molar-refractivity contribution in [2.24, 2.45) is 7.05 Å². The van der Waals surface area contributed by atoms with Crippen LogP contribution in [0.1, 0.15) is 24.3 Å². The molecule has 0 amide bonds. The fourth-order valence-electron chi connectivity index (χ4n) is 1.54. The maximum Gasteiger partial charge on any atom is 0.180 e. The van der Waals surface area contributed by atoms with Crippen LogP contribution in [0.2, 0.25) is 0 Å². The minimum absolute atomic E-state index is 0.544. The van der Waals surface area contributed by atoms with Crippen molar-refractivity contribution in [3.05, 3.63) is 29.7 Å². The van der Waals surface area contributed by atoms with Crippen LogP contribution in [-0.2, 0) is 7.05 Å². The molecule has 1 N–H and O–H groups in total. The molecule has 2 aromatic heterocycles. The molecule has 0 saturated carbocycles. The van der Waals surface area contributed by atoms with Crippen molar-refractivity contribution in [2.45, 2.75) is 20.0 Å². The molecule has 2 rings (SSSR count). The molecule has 0 bridgehead atoms. The van der Waals surface area contributed by atoms with E-state index in [1.807, 2.05) is 26.2 Å². The van der Waals surface area contributed by atoms with Crippen molar-refractivity contribution in [3.63, 3.8) is 0 Å². The van der Waals surface area contributed by atoms with Gasteiger partial charge in [0.05, 0.1) is 6.10 Å². The summed E-state index contributed by atoms with van der Waals surface area (Å²) in [7, 11) is 1.85. The van der Waals surface area contributed by atoms with Crippen LogP contribution >= 0.6 is 0 Å². The van der Waals surface area contributed by atoms with Crippen LogP contribution in [0.15, 0.2) is 18.5 Å². The predicted molar refractivity (Wildman–Crippen MR) is 59.6 cm³/mol. The summed E-state index contributed by atoms with van der Waals surface area (Å²) in [6.07, 6.45) is 2.95. The van der Waals surface area contributed by atoms with Crippen LogP contribution in [0.5, 0.6) is 0 Å². The Morgan fingerprint density at radius 3 is 2.69 bits per heavy atom. The third-order valence-electron chi connectivity index (χ3n) is 2.41. The van der Waals surface area contributed by atoms with Gasteiger partial charge in [-0.15, -0.1) is 0 Å². The Balaban J connectivity index is 2.42. The highest BCUT2D eigenvalue weighted by atomic mass is 16.3. The Kier molecular flexibility index (Phi) is 2.70. The standard InChI is InChI=1S/C11H14N4O/c1-7-9(8(2)16)6-12-11(13-7)10-4-5-15(3)14-10/h4-6,8,16H,1-3H3. The molecule has 0 aromatic carbocycles. The molecular formula is C11H14N4O. The van der Waals surface area contributed by atoms with E-state index in [-0.39, 0.29) is 0 Å². The Morgan fingerprint density at radius 2 is 2.19 bits per heavy atom. The van der Waals surface area contributed by atoms with Crippen LogP contribution in [-0.4, -0.2) is 24.9 Å². The van der Waals surface area contributed by atoms with E-state index >= 15 is 0 Å². The Labute approximate surface area is 93.8 Å². The van der Waals surface area contributed by atoms with E-state index in [1.54, 1.807) is 17.8 Å². The van der Waals surface area contributed by atoms with Crippen LogP contribution in [0, 0.1) is 6.92 Å². The van der Waals surface area contributed by atoms with Crippen molar-refractivity contribution >= 4 is 0 Å². The smallest absolute Gasteiger partial charge is 0.180 e. The van der Waals surface area contributed by atoms with E-state index in [1.165, 1.54) is 0 Å². The molecule has 0 saturated heterocycles. The highest BCUT2D eigenvalue weighted by Gasteiger charge is 2.10. The number of nitrogens with zero attached hydrogens (tertiary/aromatic N) is 4. The molecule has 0 aliphatic rings. The summed E-state index contributed by atoms with van der Waals surface area (Å²) < 4.78 is 1.70. The average Bonchev–Trinajstić information content (AvgIpc) is 2.64. The third-order valence-corrected chi connectivity index (χ3v) is 2.41. The summed E-state index contributed by atoms with van der Waals surface area (Å²) in [5.74, 6) is 0.586. The summed E-state index contributed by atoms with van der Waals surface area (Å²) in [6, 6.07) is 1.86. The minimum atomic E-state index is -0.544. The van der Waals surface area contributed by atoms with E-state index in [9.17, 15) is 5.11 Å². The van der Waals surface area contributed by atoms with Gasteiger partial charge in [0, 0.05) is 30.7 Å². The topological polar surface area (TPSA) is 63.8 Å². The van der Waals surface area contributed by atoms with Gasteiger partial charge >= 0.3 is 0 Å². The molecule has 1 unspecified atom stereocenters. The van der Waals surface area contributed by atoms with Crippen molar-refractivity contribution in [3.8, 4) is 11.5 Å². The molecule has 16 heavy (non-hydrogen) atoms. The minimum Gasteiger partial charge on any atom is -0.389 e. The molecule has 5 nitrogen and oxygen atoms in total. The average molecular weight is 218 g/mol. The third kappa shape index (κ3) is 1.94. The molecule has 0 aliphatic carbocycles. The summed E-state index contributed by atoms with van der Waals surface area (Å²) in [5, 5.41) is 13.7. The van der Waals surface area contributed by atoms with E-state index in [4.69, 9.17) is 0 Å². The van der Waals surface area contributed by atoms with Gasteiger partial charge in [0.2, 0.25) is 0 Å². The first-order chi connectivity index (χ1) is 7.58. The molecule has 2 heterocycles. The highest BCUT2D eigenvalue weighted by Crippen LogP contribution is 2.18. The Bertz CT molecular complexity index is 504. The van der Waals surface area contributed by atoms with E-state index in [0.29, 0.717) is 5.82 Å². The van der Waals surface area contributed by atoms with Crippen molar-refractivity contribution < 1.29 is 5.11 Å². The lowest BCUT2D eigenvalue weighted by molar-refractivity contribution is 0.197. The van der Waals surface area contributed by atoms with Gasteiger partial charge in [0.25, 0.3) is 0 Å². The number of aromatic nitrogens is 4. The largest absolute Gasteiger partial charge is 0.389 e. The molecular weight excluding hydrogens is 204 g/mol. The lowest BCUT2D eigenvalue weighted by atomic mass is 10.1. The monoisotopic (exact) mass is 218 g/mol. The molecule has 0 aliphatic heterocycles. The second-order valence-electron chi connectivity index (χ2n) is 3.78. The number of hydrogen-bond acceptors (Lipinski definition) is 4. The Hall–Kier alpha value is -1.75. The number of hydrogen-bond donors (Lipinski definition) is 1. The van der Waals surface area contributed by atoms with Crippen molar-refractivity contribution in [2.75, 3.05) is 0 Å². The van der Waals surface area contributed by atoms with E-state index in [0.717, 1.165) is 17.0 Å². The SMILES string of the molecule is Cc1nc(-c2ccn(C)n2)ncc1C(C)O. The van der Waals surface area contributed by atoms with Crippen molar-refractivity contribution in [1.82, 2.24) is 19.7 Å². The molecule has 0 radical (unpaired) electrons. The number of aryl methyl sites for hydroxylation is 2. The van der Waals surface area contributed by atoms with Gasteiger partial charge in [0.1, 0.15) is 5.69 Å². The van der Waals surface area contributed by atoms with Crippen LogP contribution in [0.3, 0.4) is 0 Å². The summed E-state index contributed by atoms with van der Waals surface area (Å²) in [5.41, 5.74) is 2.27. The van der Waals surface area contributed by atoms with Crippen molar-refractivity contribution in [1.29, 1.82) is 0 Å². The second-order valence-corrected chi connectivity index (χ2v) is 3.78.